The molecule has 2 N–H and O–H groups in total. The number of hydrogen-bond acceptors (Lipinski definition) is 8. The molecule has 190 valence electrons. The largest absolute Gasteiger partial charge is 0.457 e. The standard InChI is InChI=1S/C28H20N2O4S4/c31-27(29-37-35-25-17-9-1-5-13-21(17)33-22-14-6-2-10-18(22)25)28(32)30-38-36-26-19-11-3-7-15-23(19)34-24-16-8-4-12-20(24)26/h1-16,25-26H,(H,29,31)(H,30,32). The van der Waals surface area contributed by atoms with Gasteiger partial charge in [-0.05, 0) is 24.3 Å². The van der Waals surface area contributed by atoms with Gasteiger partial charge < -0.3 is 9.47 Å². The lowest BCUT2D eigenvalue weighted by atomic mass is 10.00. The fourth-order valence-corrected chi connectivity index (χ4v) is 8.64. The molecule has 0 fully saturated rings. The number of nitrogens with one attached hydrogen (secondary N) is 2. The number of ether oxygens (including phenoxy) is 2. The third kappa shape index (κ3) is 5.09. The van der Waals surface area contributed by atoms with Gasteiger partial charge in [-0.3, -0.25) is 19.0 Å². The lowest BCUT2D eigenvalue weighted by Gasteiger charge is -2.27. The van der Waals surface area contributed by atoms with Crippen molar-refractivity contribution in [2.45, 2.75) is 10.5 Å². The molecule has 6 rings (SSSR count). The van der Waals surface area contributed by atoms with E-state index in [4.69, 9.17) is 9.47 Å². The minimum atomic E-state index is -0.711. The first-order valence-corrected chi connectivity index (χ1v) is 16.1. The summed E-state index contributed by atoms with van der Waals surface area (Å²) in [6, 6.07) is 31.3. The van der Waals surface area contributed by atoms with E-state index in [-0.39, 0.29) is 10.5 Å². The topological polar surface area (TPSA) is 76.7 Å². The van der Waals surface area contributed by atoms with E-state index in [1.165, 1.54) is 21.6 Å². The van der Waals surface area contributed by atoms with E-state index in [2.05, 4.69) is 9.44 Å². The Kier molecular flexibility index (Phi) is 7.46. The first-order valence-electron chi connectivity index (χ1n) is 11.7. The molecular weight excluding hydrogens is 557 g/mol. The highest BCUT2D eigenvalue weighted by Crippen LogP contribution is 2.53. The highest BCUT2D eigenvalue weighted by atomic mass is 33.1. The molecule has 2 amide bonds. The fraction of sp³-hybridized carbons (Fsp3) is 0.0714. The highest BCUT2D eigenvalue weighted by Gasteiger charge is 2.30. The second-order valence-corrected chi connectivity index (χ2v) is 12.6. The van der Waals surface area contributed by atoms with Crippen molar-refractivity contribution in [1.29, 1.82) is 0 Å². The van der Waals surface area contributed by atoms with Gasteiger partial charge in [-0.2, -0.15) is 0 Å². The van der Waals surface area contributed by atoms with Gasteiger partial charge in [0, 0.05) is 44.2 Å². The first kappa shape index (κ1) is 25.1. The van der Waals surface area contributed by atoms with Gasteiger partial charge in [0.15, 0.2) is 0 Å². The average molecular weight is 577 g/mol. The highest BCUT2D eigenvalue weighted by molar-refractivity contribution is 8.76. The van der Waals surface area contributed by atoms with Gasteiger partial charge in [-0.25, -0.2) is 0 Å². The Balaban J connectivity index is 1.05. The maximum Gasteiger partial charge on any atom is 0.320 e. The van der Waals surface area contributed by atoms with Crippen molar-refractivity contribution in [3.8, 4) is 23.0 Å². The van der Waals surface area contributed by atoms with E-state index in [1.54, 1.807) is 0 Å². The number of para-hydroxylation sites is 4. The van der Waals surface area contributed by atoms with Gasteiger partial charge in [-0.15, -0.1) is 0 Å². The predicted molar refractivity (Wildman–Crippen MR) is 156 cm³/mol. The van der Waals surface area contributed by atoms with Crippen LogP contribution in [-0.4, -0.2) is 11.8 Å². The zero-order chi connectivity index (χ0) is 25.9. The predicted octanol–water partition coefficient (Wildman–Crippen LogP) is 7.60. The summed E-state index contributed by atoms with van der Waals surface area (Å²) in [6.45, 7) is 0. The van der Waals surface area contributed by atoms with Crippen LogP contribution < -0.4 is 18.9 Å². The van der Waals surface area contributed by atoms with Crippen molar-refractivity contribution in [2.75, 3.05) is 0 Å². The number of benzene rings is 4. The molecule has 38 heavy (non-hydrogen) atoms. The van der Waals surface area contributed by atoms with Crippen LogP contribution in [0.5, 0.6) is 23.0 Å². The molecule has 2 heterocycles. The smallest absolute Gasteiger partial charge is 0.320 e. The van der Waals surface area contributed by atoms with Crippen LogP contribution in [0.3, 0.4) is 0 Å². The van der Waals surface area contributed by atoms with Gasteiger partial charge in [0.05, 0.1) is 10.5 Å². The summed E-state index contributed by atoms with van der Waals surface area (Å²) in [5, 5.41) is -0.105. The zero-order valence-electron chi connectivity index (χ0n) is 19.7. The summed E-state index contributed by atoms with van der Waals surface area (Å²) in [6.07, 6.45) is 0. The van der Waals surface area contributed by atoms with E-state index in [9.17, 15) is 9.59 Å². The number of amides is 2. The molecule has 4 aromatic rings. The van der Waals surface area contributed by atoms with E-state index < -0.39 is 11.8 Å². The van der Waals surface area contributed by atoms with Crippen LogP contribution in [0, 0.1) is 0 Å². The number of carbonyl (C=O) groups excluding carboxylic acids is 2. The molecule has 2 aliphatic heterocycles. The molecule has 6 nitrogen and oxygen atoms in total. The van der Waals surface area contributed by atoms with E-state index in [0.717, 1.165) is 67.2 Å². The van der Waals surface area contributed by atoms with Gasteiger partial charge in [-0.1, -0.05) is 94.4 Å². The molecule has 0 aliphatic carbocycles. The lowest BCUT2D eigenvalue weighted by Crippen LogP contribution is -2.33. The molecule has 4 aromatic carbocycles. The van der Waals surface area contributed by atoms with Gasteiger partial charge in [0.25, 0.3) is 0 Å². The summed E-state index contributed by atoms with van der Waals surface area (Å²) in [7, 11) is 5.19. The van der Waals surface area contributed by atoms with E-state index >= 15 is 0 Å². The maximum atomic E-state index is 12.5. The van der Waals surface area contributed by atoms with E-state index in [1.807, 2.05) is 97.1 Å². The molecule has 0 saturated heterocycles. The summed E-state index contributed by atoms with van der Waals surface area (Å²) < 4.78 is 17.4. The SMILES string of the molecule is O=C(NSSC1c2ccccc2Oc2ccccc21)C(=O)NSSC1c2ccccc2Oc2ccccc21. The van der Waals surface area contributed by atoms with Crippen molar-refractivity contribution in [3.05, 3.63) is 119 Å². The van der Waals surface area contributed by atoms with E-state index in [0.29, 0.717) is 0 Å². The first-order chi connectivity index (χ1) is 18.7. The second kappa shape index (κ2) is 11.3. The maximum absolute atomic E-state index is 12.5. The Labute approximate surface area is 235 Å². The average Bonchev–Trinajstić information content (AvgIpc) is 2.96. The number of carbonyl (C=O) groups is 2. The van der Waals surface area contributed by atoms with Gasteiger partial charge in [0.1, 0.15) is 23.0 Å². The van der Waals surface area contributed by atoms with Crippen LogP contribution in [0.25, 0.3) is 0 Å². The summed E-state index contributed by atoms with van der Waals surface area (Å²) in [5.74, 6) is 1.74. The molecule has 0 bridgehead atoms. The van der Waals surface area contributed by atoms with Crippen LogP contribution in [0.15, 0.2) is 97.1 Å². The quantitative estimate of drug-likeness (QED) is 0.138. The monoisotopic (exact) mass is 576 g/mol. The Hall–Kier alpha value is -3.18. The van der Waals surface area contributed by atoms with Crippen molar-refractivity contribution >= 4 is 55.4 Å². The number of hydrogen-bond donors (Lipinski definition) is 2. The zero-order valence-corrected chi connectivity index (χ0v) is 22.9. The van der Waals surface area contributed by atoms with Crippen LogP contribution in [0.2, 0.25) is 0 Å². The Morgan fingerprint density at radius 2 is 0.789 bits per heavy atom. The molecule has 0 saturated carbocycles. The van der Waals surface area contributed by atoms with Crippen LogP contribution in [-0.2, 0) is 9.59 Å². The van der Waals surface area contributed by atoms with Gasteiger partial charge >= 0.3 is 11.8 Å². The van der Waals surface area contributed by atoms with Crippen LogP contribution in [0.1, 0.15) is 32.8 Å². The molecule has 0 radical (unpaired) electrons. The number of fused-ring (bicyclic) bond motifs is 4. The molecule has 10 heteroatoms. The van der Waals surface area contributed by atoms with Crippen molar-refractivity contribution < 1.29 is 19.1 Å². The third-order valence-corrected chi connectivity index (χ3v) is 10.4. The summed E-state index contributed by atoms with van der Waals surface area (Å²) in [4.78, 5) is 25.1. The minimum absolute atomic E-state index is 0.0527. The summed E-state index contributed by atoms with van der Waals surface area (Å²) >= 11 is 0. The second-order valence-electron chi connectivity index (χ2n) is 8.34. The Bertz CT molecular complexity index is 1310. The molecule has 0 atom stereocenters. The number of rotatable bonds is 6. The summed E-state index contributed by atoms with van der Waals surface area (Å²) in [5.41, 5.74) is 4.08. The fourth-order valence-electron chi connectivity index (χ4n) is 4.25. The molecule has 2 aliphatic rings. The lowest BCUT2D eigenvalue weighted by molar-refractivity contribution is -0.136. The van der Waals surface area contributed by atoms with Crippen molar-refractivity contribution in [1.82, 2.24) is 9.44 Å². The Morgan fingerprint density at radius 1 is 0.500 bits per heavy atom. The van der Waals surface area contributed by atoms with Crippen LogP contribution in [0.4, 0.5) is 0 Å². The molecular formula is C28H20N2O4S4. The van der Waals surface area contributed by atoms with Crippen molar-refractivity contribution in [3.63, 3.8) is 0 Å². The van der Waals surface area contributed by atoms with Crippen molar-refractivity contribution in [2.24, 2.45) is 0 Å². The third-order valence-electron chi connectivity index (χ3n) is 6.01. The Morgan fingerprint density at radius 3 is 1.11 bits per heavy atom. The normalized spacial score (nSPS) is 13.6. The molecule has 0 aromatic heterocycles. The minimum Gasteiger partial charge on any atom is -0.457 e. The molecule has 0 unspecified atom stereocenters. The molecule has 0 spiro atoms. The van der Waals surface area contributed by atoms with Gasteiger partial charge in [0.2, 0.25) is 0 Å². The van der Waals surface area contributed by atoms with Crippen LogP contribution >= 0.6 is 43.5 Å².